The van der Waals surface area contributed by atoms with E-state index in [-0.39, 0.29) is 0 Å². The molecule has 200 valence electrons. The minimum absolute atomic E-state index is 0.429. The molecule has 0 bridgehead atoms. The van der Waals surface area contributed by atoms with Crippen LogP contribution in [0.4, 0.5) is 17.2 Å². The molecule has 0 fully saturated rings. The van der Waals surface area contributed by atoms with E-state index >= 15 is 0 Å². The van der Waals surface area contributed by atoms with Gasteiger partial charge in [-0.05, 0) is 106 Å². The molecule has 6 rings (SSSR count). The van der Waals surface area contributed by atoms with Gasteiger partial charge in [0, 0.05) is 11.1 Å². The summed E-state index contributed by atoms with van der Waals surface area (Å²) in [7, 11) is 0. The maximum Gasteiger partial charge on any atom is 0.213 e. The minimum atomic E-state index is 0.429. The second-order valence-corrected chi connectivity index (χ2v) is 11.3. The Labute approximate surface area is 235 Å². The summed E-state index contributed by atoms with van der Waals surface area (Å²) >= 11 is 0. The van der Waals surface area contributed by atoms with E-state index in [9.17, 15) is 0 Å². The number of aryl methyl sites for hydroxylation is 9. The van der Waals surface area contributed by atoms with Crippen LogP contribution in [-0.2, 0) is 0 Å². The fourth-order valence-electron chi connectivity index (χ4n) is 6.62. The Morgan fingerprint density at radius 3 is 1.57 bits per heavy atom. The first kappa shape index (κ1) is 25.7. The highest BCUT2D eigenvalue weighted by Gasteiger charge is 2.32. The molecule has 0 atom stereocenters. The average molecular weight is 528 g/mol. The highest BCUT2D eigenvalue weighted by molar-refractivity contribution is 6.11. The molecule has 0 aliphatic carbocycles. The summed E-state index contributed by atoms with van der Waals surface area (Å²) in [5.74, 6) is 0.429. The summed E-state index contributed by atoms with van der Waals surface area (Å²) in [5, 5.41) is 24.7. The summed E-state index contributed by atoms with van der Waals surface area (Å²) in [4.78, 5) is 5.23. The van der Waals surface area contributed by atoms with Gasteiger partial charge in [-0.15, -0.1) is 15.3 Å². The molecule has 0 spiro atoms. The molecule has 0 N–H and O–H groups in total. The standard InChI is InChI=1S/C33H33N7/c1-16-10-19(4)25(20(5)11-16)27-29(26-21(6)12-17(2)13-22(26)7)34-32-28-31(27)40(39-37-33(28)36-38-35-32)30-23(8)14-18(3)15-24(30)9/h10-15H,1-9H3. The Bertz CT molecular complexity index is 1830. The first-order valence-corrected chi connectivity index (χ1v) is 13.6. The number of benzene rings is 3. The summed E-state index contributed by atoms with van der Waals surface area (Å²) < 4.78 is 0. The van der Waals surface area contributed by atoms with Gasteiger partial charge in [0.25, 0.3) is 0 Å². The molecule has 0 radical (unpaired) electrons. The van der Waals surface area contributed by atoms with Crippen LogP contribution in [0.5, 0.6) is 0 Å². The second kappa shape index (κ2) is 9.30. The lowest BCUT2D eigenvalue weighted by atomic mass is 9.86. The van der Waals surface area contributed by atoms with Crippen LogP contribution in [0.1, 0.15) is 50.1 Å². The van der Waals surface area contributed by atoms with Crippen molar-refractivity contribution in [1.82, 2.24) is 20.4 Å². The quantitative estimate of drug-likeness (QED) is 0.234. The van der Waals surface area contributed by atoms with Crippen LogP contribution >= 0.6 is 0 Å². The molecule has 2 aromatic heterocycles. The molecule has 1 aliphatic heterocycles. The molecule has 0 unspecified atom stereocenters. The van der Waals surface area contributed by atoms with Gasteiger partial charge in [0.2, 0.25) is 5.82 Å². The zero-order chi connectivity index (χ0) is 28.5. The van der Waals surface area contributed by atoms with Crippen molar-refractivity contribution in [2.75, 3.05) is 5.01 Å². The molecule has 0 saturated carbocycles. The minimum Gasteiger partial charge on any atom is -0.225 e. The number of aromatic nitrogens is 4. The molecule has 7 nitrogen and oxygen atoms in total. The smallest absolute Gasteiger partial charge is 0.213 e. The molecule has 40 heavy (non-hydrogen) atoms. The third-order valence-electron chi connectivity index (χ3n) is 7.78. The predicted octanol–water partition coefficient (Wildman–Crippen LogP) is 8.68. The van der Waals surface area contributed by atoms with Crippen molar-refractivity contribution in [2.24, 2.45) is 10.3 Å². The largest absolute Gasteiger partial charge is 0.225 e. The number of nitrogens with zero attached hydrogens (tertiary/aromatic N) is 7. The van der Waals surface area contributed by atoms with Gasteiger partial charge in [0.1, 0.15) is 0 Å². The fraction of sp³-hybridized carbons (Fsp3) is 0.273. The second-order valence-electron chi connectivity index (χ2n) is 11.3. The monoisotopic (exact) mass is 527 g/mol. The Kier molecular flexibility index (Phi) is 5.98. The number of pyridine rings is 1. The number of anilines is 2. The molecular weight excluding hydrogens is 494 g/mol. The molecule has 5 aromatic rings. The van der Waals surface area contributed by atoms with Crippen molar-refractivity contribution in [3.63, 3.8) is 0 Å². The topological polar surface area (TPSA) is 79.5 Å². The van der Waals surface area contributed by atoms with E-state index in [1.165, 1.54) is 27.8 Å². The van der Waals surface area contributed by atoms with Crippen molar-refractivity contribution >= 4 is 28.2 Å². The maximum atomic E-state index is 5.23. The highest BCUT2D eigenvalue weighted by atomic mass is 15.6. The third kappa shape index (κ3) is 3.96. The van der Waals surface area contributed by atoms with Crippen molar-refractivity contribution in [1.29, 1.82) is 0 Å². The van der Waals surface area contributed by atoms with Gasteiger partial charge in [-0.25, -0.2) is 9.99 Å². The van der Waals surface area contributed by atoms with Gasteiger partial charge in [-0.3, -0.25) is 0 Å². The lowest BCUT2D eigenvalue weighted by Gasteiger charge is -2.30. The lowest BCUT2D eigenvalue weighted by molar-refractivity contribution is 0.849. The van der Waals surface area contributed by atoms with Gasteiger partial charge in [-0.1, -0.05) is 58.3 Å². The van der Waals surface area contributed by atoms with Crippen LogP contribution in [0.15, 0.2) is 46.7 Å². The van der Waals surface area contributed by atoms with Gasteiger partial charge in [-0.2, -0.15) is 0 Å². The van der Waals surface area contributed by atoms with Crippen LogP contribution < -0.4 is 5.01 Å². The van der Waals surface area contributed by atoms with Gasteiger partial charge < -0.3 is 0 Å². The summed E-state index contributed by atoms with van der Waals surface area (Å²) in [6.45, 7) is 19.3. The number of hydrogen-bond donors (Lipinski definition) is 0. The van der Waals surface area contributed by atoms with E-state index in [1.54, 1.807) is 0 Å². The van der Waals surface area contributed by atoms with Crippen LogP contribution in [0.3, 0.4) is 0 Å². The van der Waals surface area contributed by atoms with E-state index in [4.69, 9.17) is 10.2 Å². The Hall–Kier alpha value is -4.52. The number of hydrogen-bond acceptors (Lipinski definition) is 7. The zero-order valence-electron chi connectivity index (χ0n) is 24.6. The predicted molar refractivity (Wildman–Crippen MR) is 162 cm³/mol. The maximum absolute atomic E-state index is 5.23. The molecule has 3 heterocycles. The molecule has 7 heteroatoms. The van der Waals surface area contributed by atoms with E-state index < -0.39 is 0 Å². The van der Waals surface area contributed by atoms with Crippen LogP contribution in [0, 0.1) is 62.3 Å². The Morgan fingerprint density at radius 1 is 0.525 bits per heavy atom. The van der Waals surface area contributed by atoms with Crippen molar-refractivity contribution in [3.05, 3.63) is 86.5 Å². The van der Waals surface area contributed by atoms with E-state index in [0.717, 1.165) is 61.4 Å². The summed E-state index contributed by atoms with van der Waals surface area (Å²) in [6, 6.07) is 13.3. The SMILES string of the molecule is Cc1cc(C)c(-c2nc3nnnc4c3c(c2-c2c(C)cc(C)cc2C)N(c2c(C)cc(C)cc2C)N=N4)c(C)c1. The molecular formula is C33H33N7. The molecule has 0 amide bonds. The Balaban J connectivity index is 1.86. The van der Waals surface area contributed by atoms with Gasteiger partial charge >= 0.3 is 0 Å². The van der Waals surface area contributed by atoms with Crippen molar-refractivity contribution in [3.8, 4) is 22.4 Å². The first-order chi connectivity index (χ1) is 19.0. The summed E-state index contributed by atoms with van der Waals surface area (Å²) in [6.07, 6.45) is 0. The van der Waals surface area contributed by atoms with Crippen LogP contribution in [0.25, 0.3) is 33.4 Å². The molecule has 1 aliphatic rings. The first-order valence-electron chi connectivity index (χ1n) is 13.6. The molecule has 0 saturated heterocycles. The van der Waals surface area contributed by atoms with E-state index in [0.29, 0.717) is 11.5 Å². The third-order valence-corrected chi connectivity index (χ3v) is 7.78. The van der Waals surface area contributed by atoms with Crippen molar-refractivity contribution < 1.29 is 0 Å². The summed E-state index contributed by atoms with van der Waals surface area (Å²) in [5.41, 5.74) is 17.0. The zero-order valence-corrected chi connectivity index (χ0v) is 24.6. The lowest BCUT2D eigenvalue weighted by Crippen LogP contribution is -2.17. The molecule has 3 aromatic carbocycles. The van der Waals surface area contributed by atoms with E-state index in [1.807, 2.05) is 5.01 Å². The fourth-order valence-corrected chi connectivity index (χ4v) is 6.62. The van der Waals surface area contributed by atoms with Crippen molar-refractivity contribution in [2.45, 2.75) is 62.3 Å². The average Bonchev–Trinajstić information content (AvgIpc) is 2.84. The van der Waals surface area contributed by atoms with E-state index in [2.05, 4.69) is 119 Å². The highest BCUT2D eigenvalue weighted by Crippen LogP contribution is 2.52. The van der Waals surface area contributed by atoms with Gasteiger partial charge in [0.05, 0.1) is 22.5 Å². The van der Waals surface area contributed by atoms with Crippen LogP contribution in [0.2, 0.25) is 0 Å². The Morgan fingerprint density at radius 2 is 1.02 bits per heavy atom. The van der Waals surface area contributed by atoms with Gasteiger partial charge in [0.15, 0.2) is 5.65 Å². The normalized spacial score (nSPS) is 12.5. The van der Waals surface area contributed by atoms with Crippen LogP contribution in [-0.4, -0.2) is 20.4 Å². The number of rotatable bonds is 3.